The van der Waals surface area contributed by atoms with Crippen LogP contribution in [0.15, 0.2) is 72.8 Å². The van der Waals surface area contributed by atoms with Crippen molar-refractivity contribution in [2.45, 2.75) is 13.0 Å². The lowest BCUT2D eigenvalue weighted by atomic mass is 9.93. The van der Waals surface area contributed by atoms with Gasteiger partial charge in [-0.1, -0.05) is 66.2 Å². The van der Waals surface area contributed by atoms with Gasteiger partial charge < -0.3 is 20.5 Å². The van der Waals surface area contributed by atoms with Gasteiger partial charge in [-0.2, -0.15) is 0 Å². The standard InChI is InChI=1S/C28H26N4O3/c1-17-11-13-18(14-12-17)26-25(21-9-5-6-10-22(21)31(26)2)27-19-7-3-4-8-20(19)28(35)32(27)16-24(34)30-15-23(29)33/h3-14,27H,15-16H2,1-2H3,(H2,29,33)(H,30,34). The number of aryl methyl sites for hydroxylation is 2. The average molecular weight is 467 g/mol. The molecule has 5 rings (SSSR count). The van der Waals surface area contributed by atoms with Crippen LogP contribution in [0.25, 0.3) is 22.2 Å². The predicted octanol–water partition coefficient (Wildman–Crippen LogP) is 3.30. The third-order valence-electron chi connectivity index (χ3n) is 6.58. The molecule has 2 heterocycles. The van der Waals surface area contributed by atoms with E-state index in [-0.39, 0.29) is 19.0 Å². The maximum absolute atomic E-state index is 13.5. The van der Waals surface area contributed by atoms with E-state index < -0.39 is 17.9 Å². The van der Waals surface area contributed by atoms with Crippen LogP contribution in [-0.2, 0) is 16.6 Å². The molecule has 0 saturated heterocycles. The van der Waals surface area contributed by atoms with E-state index in [0.29, 0.717) is 5.56 Å². The van der Waals surface area contributed by atoms with Crippen LogP contribution in [0.5, 0.6) is 0 Å². The molecule has 7 nitrogen and oxygen atoms in total. The lowest BCUT2D eigenvalue weighted by Gasteiger charge is -2.26. The van der Waals surface area contributed by atoms with Crippen LogP contribution in [0, 0.1) is 6.92 Å². The first-order chi connectivity index (χ1) is 16.9. The number of rotatable bonds is 6. The number of primary amides is 1. The molecule has 1 atom stereocenters. The highest BCUT2D eigenvalue weighted by atomic mass is 16.2. The van der Waals surface area contributed by atoms with E-state index in [1.807, 2.05) is 44.3 Å². The van der Waals surface area contributed by atoms with E-state index in [9.17, 15) is 14.4 Å². The van der Waals surface area contributed by atoms with Crippen molar-refractivity contribution in [3.05, 3.63) is 95.1 Å². The molecular weight excluding hydrogens is 440 g/mol. The predicted molar refractivity (Wildman–Crippen MR) is 135 cm³/mol. The second-order valence-electron chi connectivity index (χ2n) is 8.87. The highest BCUT2D eigenvalue weighted by molar-refractivity contribution is 6.04. The van der Waals surface area contributed by atoms with Crippen LogP contribution in [0.4, 0.5) is 0 Å². The highest BCUT2D eigenvalue weighted by Gasteiger charge is 2.41. The average Bonchev–Trinajstić information content (AvgIpc) is 3.29. The first-order valence-electron chi connectivity index (χ1n) is 11.5. The first kappa shape index (κ1) is 22.4. The van der Waals surface area contributed by atoms with Gasteiger partial charge in [0.1, 0.15) is 6.54 Å². The summed E-state index contributed by atoms with van der Waals surface area (Å²) >= 11 is 0. The van der Waals surface area contributed by atoms with Gasteiger partial charge >= 0.3 is 0 Å². The number of carbonyl (C=O) groups excluding carboxylic acids is 3. The third-order valence-corrected chi connectivity index (χ3v) is 6.58. The van der Waals surface area contributed by atoms with Crippen LogP contribution in [0.1, 0.15) is 33.1 Å². The maximum Gasteiger partial charge on any atom is 0.255 e. The fourth-order valence-corrected chi connectivity index (χ4v) is 5.00. The molecule has 0 spiro atoms. The molecule has 0 radical (unpaired) electrons. The number of para-hydroxylation sites is 1. The monoisotopic (exact) mass is 466 g/mol. The van der Waals surface area contributed by atoms with Crippen molar-refractivity contribution in [3.8, 4) is 11.3 Å². The lowest BCUT2D eigenvalue weighted by Crippen LogP contribution is -2.42. The molecule has 7 heteroatoms. The number of nitrogens with zero attached hydrogens (tertiary/aromatic N) is 2. The van der Waals surface area contributed by atoms with Crippen molar-refractivity contribution in [1.29, 1.82) is 0 Å². The van der Waals surface area contributed by atoms with E-state index in [0.717, 1.165) is 38.9 Å². The number of benzene rings is 3. The van der Waals surface area contributed by atoms with Gasteiger partial charge in [-0.15, -0.1) is 0 Å². The number of fused-ring (bicyclic) bond motifs is 2. The summed E-state index contributed by atoms with van der Waals surface area (Å²) in [5.41, 5.74) is 11.8. The molecule has 0 aliphatic carbocycles. The summed E-state index contributed by atoms with van der Waals surface area (Å²) < 4.78 is 2.14. The van der Waals surface area contributed by atoms with Gasteiger partial charge in [0.25, 0.3) is 5.91 Å². The van der Waals surface area contributed by atoms with E-state index in [1.165, 1.54) is 0 Å². The van der Waals surface area contributed by atoms with Gasteiger partial charge in [0.15, 0.2) is 0 Å². The van der Waals surface area contributed by atoms with Crippen molar-refractivity contribution < 1.29 is 14.4 Å². The molecule has 3 N–H and O–H groups in total. The number of hydrogen-bond acceptors (Lipinski definition) is 3. The van der Waals surface area contributed by atoms with E-state index in [4.69, 9.17) is 5.73 Å². The van der Waals surface area contributed by atoms with Gasteiger partial charge in [-0.25, -0.2) is 0 Å². The Balaban J connectivity index is 1.72. The molecule has 1 unspecified atom stereocenters. The summed E-state index contributed by atoms with van der Waals surface area (Å²) in [6, 6.07) is 23.4. The molecule has 1 aliphatic heterocycles. The van der Waals surface area contributed by atoms with Crippen LogP contribution in [0.3, 0.4) is 0 Å². The smallest absolute Gasteiger partial charge is 0.255 e. The zero-order valence-corrected chi connectivity index (χ0v) is 19.6. The maximum atomic E-state index is 13.5. The normalized spacial score (nSPS) is 14.9. The minimum absolute atomic E-state index is 0.192. The number of nitrogens with two attached hydrogens (primary N) is 1. The second-order valence-corrected chi connectivity index (χ2v) is 8.87. The quantitative estimate of drug-likeness (QED) is 0.456. The molecule has 176 valence electrons. The molecule has 3 amide bonds. The molecule has 1 aromatic heterocycles. The van der Waals surface area contributed by atoms with Gasteiger partial charge in [-0.05, 0) is 30.2 Å². The number of nitrogens with one attached hydrogen (secondary N) is 1. The molecule has 0 bridgehead atoms. The lowest BCUT2D eigenvalue weighted by molar-refractivity contribution is -0.125. The molecular formula is C28H26N4O3. The molecule has 3 aromatic carbocycles. The van der Waals surface area contributed by atoms with Crippen LogP contribution < -0.4 is 11.1 Å². The fraction of sp³-hybridized carbons (Fsp3) is 0.179. The first-order valence-corrected chi connectivity index (χ1v) is 11.5. The Labute approximate surface area is 203 Å². The molecule has 4 aromatic rings. The second kappa shape index (κ2) is 8.76. The van der Waals surface area contributed by atoms with Crippen LogP contribution in [0.2, 0.25) is 0 Å². The Morgan fingerprint density at radius 3 is 2.40 bits per heavy atom. The Morgan fingerprint density at radius 2 is 1.66 bits per heavy atom. The Morgan fingerprint density at radius 1 is 0.971 bits per heavy atom. The summed E-state index contributed by atoms with van der Waals surface area (Å²) in [5, 5.41) is 3.53. The van der Waals surface area contributed by atoms with Gasteiger partial charge in [0, 0.05) is 29.1 Å². The molecule has 0 fully saturated rings. The van der Waals surface area contributed by atoms with Crippen LogP contribution >= 0.6 is 0 Å². The molecule has 0 saturated carbocycles. The zero-order chi connectivity index (χ0) is 24.7. The number of carbonyl (C=O) groups is 3. The minimum Gasteiger partial charge on any atom is -0.368 e. The van der Waals surface area contributed by atoms with Crippen molar-refractivity contribution in [3.63, 3.8) is 0 Å². The van der Waals surface area contributed by atoms with Crippen LogP contribution in [-0.4, -0.2) is 40.3 Å². The number of aromatic nitrogens is 1. The van der Waals surface area contributed by atoms with E-state index in [2.05, 4.69) is 46.3 Å². The topological polar surface area (TPSA) is 97.4 Å². The highest BCUT2D eigenvalue weighted by Crippen LogP contribution is 2.46. The summed E-state index contributed by atoms with van der Waals surface area (Å²) in [7, 11) is 2.02. The van der Waals surface area contributed by atoms with Crippen molar-refractivity contribution in [2.75, 3.05) is 13.1 Å². The van der Waals surface area contributed by atoms with Gasteiger partial charge in [0.05, 0.1) is 18.3 Å². The SMILES string of the molecule is Cc1ccc(-c2c(C3c4ccccc4C(=O)N3CC(=O)NCC(N)=O)c3ccccc3n2C)cc1. The molecule has 1 aliphatic rings. The third kappa shape index (κ3) is 3.85. The van der Waals surface area contributed by atoms with Gasteiger partial charge in [0.2, 0.25) is 11.8 Å². The Bertz CT molecular complexity index is 1470. The largest absolute Gasteiger partial charge is 0.368 e. The zero-order valence-electron chi connectivity index (χ0n) is 19.6. The fourth-order valence-electron chi connectivity index (χ4n) is 5.00. The molecule has 35 heavy (non-hydrogen) atoms. The Hall–Kier alpha value is -4.39. The Kier molecular flexibility index (Phi) is 5.61. The minimum atomic E-state index is -0.637. The van der Waals surface area contributed by atoms with Gasteiger partial charge in [-0.3, -0.25) is 14.4 Å². The van der Waals surface area contributed by atoms with Crippen molar-refractivity contribution in [2.24, 2.45) is 12.8 Å². The summed E-state index contributed by atoms with van der Waals surface area (Å²) in [4.78, 5) is 39.0. The summed E-state index contributed by atoms with van der Waals surface area (Å²) in [6.07, 6.45) is 0. The van der Waals surface area contributed by atoms with Crippen molar-refractivity contribution in [1.82, 2.24) is 14.8 Å². The number of hydrogen-bond donors (Lipinski definition) is 2. The van der Waals surface area contributed by atoms with Crippen molar-refractivity contribution >= 4 is 28.6 Å². The van der Waals surface area contributed by atoms with E-state index >= 15 is 0 Å². The summed E-state index contributed by atoms with van der Waals surface area (Å²) in [6.45, 7) is 1.58. The van der Waals surface area contributed by atoms with E-state index in [1.54, 1.807) is 11.0 Å². The number of amides is 3. The summed E-state index contributed by atoms with van der Waals surface area (Å²) in [5.74, 6) is -1.30.